The van der Waals surface area contributed by atoms with Gasteiger partial charge in [0.15, 0.2) is 0 Å². The lowest BCUT2D eigenvalue weighted by Gasteiger charge is -2.36. The number of primary sulfonamides is 1. The summed E-state index contributed by atoms with van der Waals surface area (Å²) in [5, 5.41) is 12.2. The number of ether oxygens (including phenoxy) is 2. The topological polar surface area (TPSA) is 216 Å². The highest BCUT2D eigenvalue weighted by Crippen LogP contribution is 2.46. The minimum atomic E-state index is -4.05. The highest BCUT2D eigenvalue weighted by molar-refractivity contribution is 7.91. The first-order valence-electron chi connectivity index (χ1n) is 17.3. The van der Waals surface area contributed by atoms with Gasteiger partial charge in [-0.2, -0.15) is 0 Å². The summed E-state index contributed by atoms with van der Waals surface area (Å²) in [7, 11) is -6.48. The van der Waals surface area contributed by atoms with Gasteiger partial charge in [-0.15, -0.1) is 6.58 Å². The molecule has 0 bridgehead atoms. The second-order valence-electron chi connectivity index (χ2n) is 15.0. The summed E-state index contributed by atoms with van der Waals surface area (Å²) in [6.45, 7) is 9.10. The van der Waals surface area contributed by atoms with Gasteiger partial charge < -0.3 is 25.0 Å². The molecule has 5 N–H and O–H groups in total. The smallest absolute Gasteiger partial charge is 0.259 e. The van der Waals surface area contributed by atoms with Gasteiger partial charge in [-0.05, 0) is 61.1 Å². The summed E-state index contributed by atoms with van der Waals surface area (Å²) in [5.41, 5.74) is -2.08. The summed E-state index contributed by atoms with van der Waals surface area (Å²) < 4.78 is 63.6. The first-order valence-corrected chi connectivity index (χ1v) is 20.7. The van der Waals surface area contributed by atoms with Crippen LogP contribution in [-0.2, 0) is 34.4 Å². The number of anilines is 1. The lowest BCUT2D eigenvalue weighted by atomic mass is 9.85. The van der Waals surface area contributed by atoms with Crippen molar-refractivity contribution in [3.63, 3.8) is 0 Å². The van der Waals surface area contributed by atoms with Gasteiger partial charge in [0.05, 0.1) is 30.0 Å². The van der Waals surface area contributed by atoms with Crippen LogP contribution in [0.15, 0.2) is 66.2 Å². The second kappa shape index (κ2) is 14.3. The number of carbonyl (C=O) groups is 3. The molecule has 54 heavy (non-hydrogen) atoms. The molecule has 3 aromatic rings. The van der Waals surface area contributed by atoms with Crippen LogP contribution in [0.3, 0.4) is 0 Å². The number of fused-ring (bicyclic) bond motifs is 1. The van der Waals surface area contributed by atoms with Gasteiger partial charge in [-0.25, -0.2) is 27.0 Å². The van der Waals surface area contributed by atoms with E-state index in [1.54, 1.807) is 45.0 Å². The van der Waals surface area contributed by atoms with Crippen LogP contribution in [0.5, 0.6) is 11.6 Å². The van der Waals surface area contributed by atoms with E-state index < -0.39 is 78.1 Å². The third kappa shape index (κ3) is 7.99. The number of sulfonamides is 2. The maximum absolute atomic E-state index is 14.7. The lowest BCUT2D eigenvalue weighted by molar-refractivity contribution is -0.141. The number of likely N-dealkylation sites (tertiary alicyclic amines) is 1. The third-order valence-corrected chi connectivity index (χ3v) is 12.9. The molecule has 1 aromatic heterocycles. The number of nitrogens with one attached hydrogen (secondary N) is 3. The minimum absolute atomic E-state index is 0.0259. The molecular formula is C36H43ClN6O9S2. The number of rotatable bonds is 13. The predicted octanol–water partition coefficient (Wildman–Crippen LogP) is 3.09. The number of halogens is 1. The number of nitrogens with zero attached hydrogens (tertiary/aromatic N) is 2. The SMILES string of the molecule is C=C[C@@H]1C[C@]1(NC(=O)[C@@H]1C[C@@H](Oc2ncc(OC)c3ccc(Cl)cc23)CN1C(=O)[C@@H](Nc1cccc(S(N)(=O)=O)c1)C(C)(C)C)C(=O)NS(=O)(=O)C1CC1. The predicted molar refractivity (Wildman–Crippen MR) is 202 cm³/mol. The first-order chi connectivity index (χ1) is 25.3. The fourth-order valence-electron chi connectivity index (χ4n) is 6.72. The van der Waals surface area contributed by atoms with Crippen LogP contribution < -0.4 is 30.0 Å². The molecule has 1 aliphatic heterocycles. The van der Waals surface area contributed by atoms with Gasteiger partial charge in [-0.3, -0.25) is 19.1 Å². The van der Waals surface area contributed by atoms with Crippen molar-refractivity contribution in [1.82, 2.24) is 19.9 Å². The zero-order valence-electron chi connectivity index (χ0n) is 30.2. The summed E-state index contributed by atoms with van der Waals surface area (Å²) in [4.78, 5) is 48.2. The largest absolute Gasteiger partial charge is 0.494 e. The molecule has 2 aromatic carbocycles. The van der Waals surface area contributed by atoms with E-state index in [9.17, 15) is 31.2 Å². The van der Waals surface area contributed by atoms with Gasteiger partial charge in [-0.1, -0.05) is 44.5 Å². The average Bonchev–Trinajstić information content (AvgIpc) is 4.03. The lowest BCUT2D eigenvalue weighted by Crippen LogP contribution is -2.58. The van der Waals surface area contributed by atoms with E-state index >= 15 is 0 Å². The van der Waals surface area contributed by atoms with Crippen molar-refractivity contribution in [3.8, 4) is 11.6 Å². The highest BCUT2D eigenvalue weighted by Gasteiger charge is 2.62. The summed E-state index contributed by atoms with van der Waals surface area (Å²) >= 11 is 6.33. The van der Waals surface area contributed by atoms with Crippen molar-refractivity contribution in [1.29, 1.82) is 0 Å². The van der Waals surface area contributed by atoms with Crippen LogP contribution in [0.25, 0.3) is 10.8 Å². The Morgan fingerprint density at radius 3 is 2.44 bits per heavy atom. The number of hydrogen-bond acceptors (Lipinski definition) is 11. The van der Waals surface area contributed by atoms with Gasteiger partial charge in [0.1, 0.15) is 29.5 Å². The van der Waals surface area contributed by atoms with Gasteiger partial charge in [0.25, 0.3) is 5.91 Å². The normalized spacial score (nSPS) is 23.3. The second-order valence-corrected chi connectivity index (χ2v) is 19.0. The molecule has 2 aliphatic carbocycles. The number of hydrogen-bond donors (Lipinski definition) is 4. The van der Waals surface area contributed by atoms with E-state index in [0.717, 1.165) is 0 Å². The van der Waals surface area contributed by atoms with Gasteiger partial charge in [0, 0.05) is 33.8 Å². The Morgan fingerprint density at radius 2 is 1.83 bits per heavy atom. The quantitative estimate of drug-likeness (QED) is 0.184. The van der Waals surface area contributed by atoms with E-state index in [-0.39, 0.29) is 30.2 Å². The molecule has 290 valence electrons. The third-order valence-electron chi connectivity index (χ3n) is 9.96. The average molecular weight is 803 g/mol. The number of carbonyl (C=O) groups excluding carboxylic acids is 3. The molecule has 3 fully saturated rings. The first kappa shape index (κ1) is 39.2. The van der Waals surface area contributed by atoms with Gasteiger partial charge in [0.2, 0.25) is 37.7 Å². The fourth-order valence-corrected chi connectivity index (χ4v) is 8.81. The molecule has 18 heteroatoms. The molecule has 2 heterocycles. The summed E-state index contributed by atoms with van der Waals surface area (Å²) in [5.74, 6) is -1.97. The number of aromatic nitrogens is 1. The minimum Gasteiger partial charge on any atom is -0.494 e. The van der Waals surface area contributed by atoms with Crippen molar-refractivity contribution in [3.05, 3.63) is 66.3 Å². The highest BCUT2D eigenvalue weighted by atomic mass is 35.5. The van der Waals surface area contributed by atoms with Crippen LogP contribution in [0.2, 0.25) is 5.02 Å². The zero-order valence-corrected chi connectivity index (χ0v) is 32.6. The maximum Gasteiger partial charge on any atom is 0.259 e. The molecule has 0 unspecified atom stereocenters. The van der Waals surface area contributed by atoms with E-state index in [1.165, 1.54) is 42.5 Å². The van der Waals surface area contributed by atoms with E-state index in [4.69, 9.17) is 26.2 Å². The molecule has 15 nitrogen and oxygen atoms in total. The van der Waals surface area contributed by atoms with Crippen molar-refractivity contribution >= 4 is 65.8 Å². The van der Waals surface area contributed by atoms with E-state index in [2.05, 4.69) is 26.9 Å². The number of benzene rings is 2. The molecule has 3 amide bonds. The van der Waals surface area contributed by atoms with Crippen LogP contribution >= 0.6 is 11.6 Å². The number of amides is 3. The van der Waals surface area contributed by atoms with Crippen molar-refractivity contribution in [2.24, 2.45) is 16.5 Å². The Bertz CT molecular complexity index is 2240. The van der Waals surface area contributed by atoms with Crippen molar-refractivity contribution in [2.75, 3.05) is 19.0 Å². The van der Waals surface area contributed by atoms with Crippen LogP contribution in [0, 0.1) is 11.3 Å². The molecule has 3 aliphatic rings. The van der Waals surface area contributed by atoms with Crippen LogP contribution in [-0.4, -0.2) is 87.1 Å². The Kier molecular flexibility index (Phi) is 10.4. The molecule has 6 rings (SSSR count). The number of nitrogens with two attached hydrogens (primary N) is 1. The summed E-state index contributed by atoms with van der Waals surface area (Å²) in [6, 6.07) is 8.65. The Balaban J connectivity index is 1.33. The van der Waals surface area contributed by atoms with Crippen LogP contribution in [0.1, 0.15) is 46.5 Å². The maximum atomic E-state index is 14.7. The van der Waals surface area contributed by atoms with Crippen molar-refractivity contribution < 1.29 is 40.7 Å². The number of methoxy groups -OCH3 is 1. The van der Waals surface area contributed by atoms with Gasteiger partial charge >= 0.3 is 0 Å². The standard InChI is InChI=1S/C36H43ClN6O9S2/c1-6-20-17-36(20,34(46)42-54(49,50)24-11-12-24)41-31(44)28-16-23(52-32-27-14-21(37)10-13-26(27)29(51-5)18-39-32)19-43(28)33(45)30(35(2,3)4)40-22-8-7-9-25(15-22)53(38,47)48/h6-10,13-15,18,20,23-24,28,30,40H,1,11-12,16-17,19H2,2-5H3,(H,41,44)(H,42,46)(H2,38,47,48)/t20-,23-,28+,30-,36-/m1/s1. The molecule has 2 saturated carbocycles. The Labute approximate surface area is 319 Å². The Morgan fingerprint density at radius 1 is 1.11 bits per heavy atom. The molecule has 5 atom stereocenters. The van der Waals surface area contributed by atoms with Crippen LogP contribution in [0.4, 0.5) is 5.69 Å². The molecule has 1 saturated heterocycles. The molecule has 0 radical (unpaired) electrons. The van der Waals surface area contributed by atoms with E-state index in [0.29, 0.717) is 40.1 Å². The molecule has 0 spiro atoms. The molecular weight excluding hydrogens is 760 g/mol. The fraction of sp³-hybridized carbons (Fsp3) is 0.444. The van der Waals surface area contributed by atoms with E-state index in [1.807, 2.05) is 0 Å². The summed E-state index contributed by atoms with van der Waals surface area (Å²) in [6.07, 6.45) is 3.15. The Hall–Kier alpha value is -4.45. The monoisotopic (exact) mass is 802 g/mol. The zero-order chi connectivity index (χ0) is 39.4. The number of pyridine rings is 1. The van der Waals surface area contributed by atoms with Crippen molar-refractivity contribution in [2.45, 2.75) is 80.3 Å².